The van der Waals surface area contributed by atoms with Gasteiger partial charge in [-0.1, -0.05) is 30.3 Å². The lowest BCUT2D eigenvalue weighted by Gasteiger charge is -2.26. The van der Waals surface area contributed by atoms with E-state index in [2.05, 4.69) is 0 Å². The maximum atomic E-state index is 13.2. The van der Waals surface area contributed by atoms with Crippen molar-refractivity contribution in [1.29, 1.82) is 0 Å². The molecule has 0 aliphatic carbocycles. The summed E-state index contributed by atoms with van der Waals surface area (Å²) in [6.45, 7) is 0.805. The number of benzene rings is 2. The number of nitrogens with zero attached hydrogens (tertiary/aromatic N) is 1. The number of hydrogen-bond acceptors (Lipinski definition) is 6. The predicted octanol–water partition coefficient (Wildman–Crippen LogP) is 4.21. The second-order valence-corrected chi connectivity index (χ2v) is 7.51. The minimum Gasteiger partial charge on any atom is -0.497 e. The van der Waals surface area contributed by atoms with Gasteiger partial charge in [0.25, 0.3) is 5.91 Å². The van der Waals surface area contributed by atoms with Crippen LogP contribution >= 0.6 is 0 Å². The first kappa shape index (κ1) is 21.5. The molecule has 0 N–H and O–H groups in total. The van der Waals surface area contributed by atoms with Gasteiger partial charge in [0.15, 0.2) is 5.76 Å². The molecule has 0 spiro atoms. The van der Waals surface area contributed by atoms with Crippen molar-refractivity contribution in [3.05, 3.63) is 88.0 Å². The fourth-order valence-electron chi connectivity index (χ4n) is 3.92. The van der Waals surface area contributed by atoms with Crippen LogP contribution in [0.15, 0.2) is 70.1 Å². The molecule has 0 radical (unpaired) electrons. The first-order valence-corrected chi connectivity index (χ1v) is 10.4. The van der Waals surface area contributed by atoms with Crippen molar-refractivity contribution in [3.8, 4) is 17.2 Å². The van der Waals surface area contributed by atoms with Crippen LogP contribution in [0.5, 0.6) is 17.2 Å². The standard InChI is InChI=1S/C25H25NO6/c1-29-18-10-11-19(22(13-18)30-2)20-9-6-12-26(20)25(28)23-14-21(27)24(16-32-23)31-15-17-7-4-3-5-8-17/h3-5,7-8,10-11,13-14,16,20H,6,9,12,15H2,1-2H3/t20-/m1/s1. The highest BCUT2D eigenvalue weighted by Crippen LogP contribution is 2.39. The number of likely N-dealkylation sites (tertiary alicyclic amines) is 1. The fraction of sp³-hybridized carbons (Fsp3) is 0.280. The molecule has 1 aromatic heterocycles. The van der Waals surface area contributed by atoms with Gasteiger partial charge in [0.1, 0.15) is 24.4 Å². The summed E-state index contributed by atoms with van der Waals surface area (Å²) in [6, 6.07) is 16.1. The lowest BCUT2D eigenvalue weighted by molar-refractivity contribution is 0.0698. The average molecular weight is 435 g/mol. The average Bonchev–Trinajstić information content (AvgIpc) is 3.32. The summed E-state index contributed by atoms with van der Waals surface area (Å²) >= 11 is 0. The molecule has 166 valence electrons. The summed E-state index contributed by atoms with van der Waals surface area (Å²) in [5, 5.41) is 0. The van der Waals surface area contributed by atoms with Crippen LogP contribution in [0, 0.1) is 0 Å². The number of hydrogen-bond donors (Lipinski definition) is 0. The van der Waals surface area contributed by atoms with E-state index >= 15 is 0 Å². The molecule has 4 rings (SSSR count). The molecule has 7 nitrogen and oxygen atoms in total. The Kier molecular flexibility index (Phi) is 6.44. The molecule has 1 saturated heterocycles. The van der Waals surface area contributed by atoms with Crippen LogP contribution < -0.4 is 19.6 Å². The predicted molar refractivity (Wildman–Crippen MR) is 118 cm³/mol. The topological polar surface area (TPSA) is 78.2 Å². The molecule has 0 saturated carbocycles. The van der Waals surface area contributed by atoms with E-state index in [-0.39, 0.29) is 30.1 Å². The monoisotopic (exact) mass is 435 g/mol. The number of carbonyl (C=O) groups excluding carboxylic acids is 1. The van der Waals surface area contributed by atoms with Gasteiger partial charge >= 0.3 is 0 Å². The van der Waals surface area contributed by atoms with E-state index in [0.29, 0.717) is 18.0 Å². The third kappa shape index (κ3) is 4.46. The van der Waals surface area contributed by atoms with Crippen molar-refractivity contribution < 1.29 is 23.4 Å². The van der Waals surface area contributed by atoms with Crippen LogP contribution in [0.25, 0.3) is 0 Å². The van der Waals surface area contributed by atoms with Gasteiger partial charge in [0, 0.05) is 24.2 Å². The van der Waals surface area contributed by atoms with Gasteiger partial charge in [-0.25, -0.2) is 0 Å². The molecule has 2 aromatic carbocycles. The van der Waals surface area contributed by atoms with Gasteiger partial charge in [0.05, 0.1) is 20.3 Å². The Hall–Kier alpha value is -3.74. The Bertz CT molecular complexity index is 1140. The quantitative estimate of drug-likeness (QED) is 0.553. The second kappa shape index (κ2) is 9.60. The highest BCUT2D eigenvalue weighted by molar-refractivity contribution is 5.92. The maximum absolute atomic E-state index is 13.2. The van der Waals surface area contributed by atoms with E-state index in [9.17, 15) is 9.59 Å². The highest BCUT2D eigenvalue weighted by Gasteiger charge is 2.34. The maximum Gasteiger partial charge on any atom is 0.290 e. The molecule has 0 bridgehead atoms. The summed E-state index contributed by atoms with van der Waals surface area (Å²) in [5.74, 6) is 1.05. The molecule has 1 aliphatic rings. The third-order valence-electron chi connectivity index (χ3n) is 5.56. The normalized spacial score (nSPS) is 15.4. The van der Waals surface area contributed by atoms with E-state index in [0.717, 1.165) is 24.0 Å². The fourth-order valence-corrected chi connectivity index (χ4v) is 3.92. The zero-order valence-corrected chi connectivity index (χ0v) is 18.1. The summed E-state index contributed by atoms with van der Waals surface area (Å²) < 4.78 is 21.9. The Labute approximate surface area is 186 Å². The molecule has 0 unspecified atom stereocenters. The van der Waals surface area contributed by atoms with Crippen molar-refractivity contribution in [2.24, 2.45) is 0 Å². The zero-order chi connectivity index (χ0) is 22.5. The first-order valence-electron chi connectivity index (χ1n) is 10.4. The Morgan fingerprint density at radius 1 is 1.06 bits per heavy atom. The van der Waals surface area contributed by atoms with Crippen molar-refractivity contribution in [2.75, 3.05) is 20.8 Å². The van der Waals surface area contributed by atoms with Crippen LogP contribution in [-0.2, 0) is 6.61 Å². The van der Waals surface area contributed by atoms with Gasteiger partial charge < -0.3 is 23.5 Å². The largest absolute Gasteiger partial charge is 0.497 e. The molecule has 3 aromatic rings. The van der Waals surface area contributed by atoms with E-state index < -0.39 is 5.43 Å². The van der Waals surface area contributed by atoms with Crippen molar-refractivity contribution in [2.45, 2.75) is 25.5 Å². The Morgan fingerprint density at radius 3 is 2.59 bits per heavy atom. The minimum atomic E-state index is -0.395. The van der Waals surface area contributed by atoms with Crippen LogP contribution in [-0.4, -0.2) is 31.6 Å². The summed E-state index contributed by atoms with van der Waals surface area (Å²) in [6.07, 6.45) is 2.84. The van der Waals surface area contributed by atoms with Gasteiger partial charge in [-0.05, 0) is 30.5 Å². The van der Waals surface area contributed by atoms with E-state index in [1.165, 1.54) is 12.3 Å². The molecule has 1 fully saturated rings. The van der Waals surface area contributed by atoms with Crippen LogP contribution in [0.1, 0.15) is 40.6 Å². The zero-order valence-electron chi connectivity index (χ0n) is 18.1. The molecular formula is C25H25NO6. The van der Waals surface area contributed by atoms with Crippen LogP contribution in [0.2, 0.25) is 0 Å². The SMILES string of the molecule is COc1ccc([C@H]2CCCN2C(=O)c2cc(=O)c(OCc3ccccc3)co2)c(OC)c1. The molecule has 7 heteroatoms. The second-order valence-electron chi connectivity index (χ2n) is 7.51. The van der Waals surface area contributed by atoms with E-state index in [4.69, 9.17) is 18.6 Å². The molecule has 1 amide bonds. The van der Waals surface area contributed by atoms with Crippen LogP contribution in [0.4, 0.5) is 0 Å². The molecule has 32 heavy (non-hydrogen) atoms. The van der Waals surface area contributed by atoms with E-state index in [1.54, 1.807) is 25.2 Å². The molecule has 1 atom stereocenters. The Morgan fingerprint density at radius 2 is 1.88 bits per heavy atom. The third-order valence-corrected chi connectivity index (χ3v) is 5.56. The number of ether oxygens (including phenoxy) is 3. The number of amides is 1. The summed E-state index contributed by atoms with van der Waals surface area (Å²) in [5.41, 5.74) is 1.43. The lowest BCUT2D eigenvalue weighted by atomic mass is 10.0. The van der Waals surface area contributed by atoms with Crippen molar-refractivity contribution in [3.63, 3.8) is 0 Å². The van der Waals surface area contributed by atoms with Gasteiger partial charge in [-0.2, -0.15) is 0 Å². The van der Waals surface area contributed by atoms with Gasteiger partial charge in [0.2, 0.25) is 11.2 Å². The molecule has 2 heterocycles. The smallest absolute Gasteiger partial charge is 0.290 e. The van der Waals surface area contributed by atoms with Crippen LogP contribution in [0.3, 0.4) is 0 Å². The Balaban J connectivity index is 1.52. The van der Waals surface area contributed by atoms with E-state index in [1.807, 2.05) is 42.5 Å². The molecular weight excluding hydrogens is 410 g/mol. The number of methoxy groups -OCH3 is 2. The summed E-state index contributed by atoms with van der Waals surface area (Å²) in [7, 11) is 3.18. The highest BCUT2D eigenvalue weighted by atomic mass is 16.5. The van der Waals surface area contributed by atoms with Crippen molar-refractivity contribution in [1.82, 2.24) is 4.90 Å². The van der Waals surface area contributed by atoms with Crippen molar-refractivity contribution >= 4 is 5.91 Å². The number of rotatable bonds is 7. The minimum absolute atomic E-state index is 0.0126. The first-order chi connectivity index (χ1) is 15.6. The van der Waals surface area contributed by atoms with Gasteiger partial charge in [-0.15, -0.1) is 0 Å². The number of carbonyl (C=O) groups is 1. The summed E-state index contributed by atoms with van der Waals surface area (Å²) in [4.78, 5) is 27.4. The van der Waals surface area contributed by atoms with Gasteiger partial charge in [-0.3, -0.25) is 9.59 Å². The lowest BCUT2D eigenvalue weighted by Crippen LogP contribution is -2.31. The molecule has 1 aliphatic heterocycles.